The molecule has 1 unspecified atom stereocenters. The van der Waals surface area contributed by atoms with E-state index in [1.807, 2.05) is 6.07 Å². The van der Waals surface area contributed by atoms with Crippen LogP contribution in [0.15, 0.2) is 30.3 Å². The minimum Gasteiger partial charge on any atom is -0.481 e. The lowest BCUT2D eigenvalue weighted by Gasteiger charge is -2.18. The van der Waals surface area contributed by atoms with Gasteiger partial charge >= 0.3 is 12.1 Å². The maximum Gasteiger partial charge on any atom is 0.416 e. The van der Waals surface area contributed by atoms with E-state index in [9.17, 15) is 22.4 Å². The third kappa shape index (κ3) is 6.68. The number of alkyl halides is 3. The number of hydrogen-bond acceptors (Lipinski definition) is 3. The van der Waals surface area contributed by atoms with E-state index >= 15 is 0 Å². The van der Waals surface area contributed by atoms with Crippen molar-refractivity contribution in [2.45, 2.75) is 69.9 Å². The van der Waals surface area contributed by atoms with Gasteiger partial charge in [0.15, 0.2) is 0 Å². The van der Waals surface area contributed by atoms with E-state index in [0.717, 1.165) is 68.7 Å². The molecule has 0 aliphatic carbocycles. The molecule has 0 radical (unpaired) electrons. The number of aliphatic carboxylic acids is 1. The normalized spacial score (nSPS) is 14.5. The van der Waals surface area contributed by atoms with E-state index in [1.54, 1.807) is 0 Å². The van der Waals surface area contributed by atoms with E-state index in [-0.39, 0.29) is 5.56 Å². The largest absolute Gasteiger partial charge is 0.481 e. The number of carbonyl (C=O) groups is 1. The summed E-state index contributed by atoms with van der Waals surface area (Å²) in [5.41, 5.74) is 1.13. The van der Waals surface area contributed by atoms with E-state index in [0.29, 0.717) is 18.9 Å². The molecule has 0 amide bonds. The fraction of sp³-hybridized carbons (Fsp3) is 0.500. The molecule has 0 saturated heterocycles. The van der Waals surface area contributed by atoms with E-state index in [2.05, 4.69) is 16.4 Å². The van der Waals surface area contributed by atoms with Gasteiger partial charge in [-0.1, -0.05) is 25.3 Å². The molecular formula is C24H28F4N2O2. The van der Waals surface area contributed by atoms with Crippen molar-refractivity contribution in [2.75, 3.05) is 11.9 Å². The third-order valence-corrected chi connectivity index (χ3v) is 5.87. The number of carboxylic acids is 1. The Morgan fingerprint density at radius 2 is 1.91 bits per heavy atom. The van der Waals surface area contributed by atoms with E-state index in [4.69, 9.17) is 5.11 Å². The minimum atomic E-state index is -4.60. The standard InChI is InChI=1S/C24H28F4N2O2/c25-21-12-10-18(24(26,27)28)15-20(21)17(14-22(31)32)6-3-1-2-4-8-19-11-9-16-7-5-13-29-23(16)30-19/h9-12,15,17H,1-8,13-14H2,(H,29,30)(H,31,32). The van der Waals surface area contributed by atoms with Crippen LogP contribution in [0.4, 0.5) is 23.4 Å². The van der Waals surface area contributed by atoms with Gasteiger partial charge in [-0.2, -0.15) is 13.2 Å². The molecule has 2 heterocycles. The van der Waals surface area contributed by atoms with Gasteiger partial charge in [-0.05, 0) is 73.4 Å². The van der Waals surface area contributed by atoms with Crippen molar-refractivity contribution >= 4 is 11.8 Å². The first kappa shape index (κ1) is 24.0. The number of aromatic nitrogens is 1. The first-order valence-electron chi connectivity index (χ1n) is 11.0. The van der Waals surface area contributed by atoms with Crippen LogP contribution in [0.5, 0.6) is 0 Å². The molecular weight excluding hydrogens is 424 g/mol. The van der Waals surface area contributed by atoms with Gasteiger partial charge in [0, 0.05) is 12.2 Å². The van der Waals surface area contributed by atoms with Gasteiger partial charge in [-0.25, -0.2) is 9.37 Å². The average Bonchev–Trinajstić information content (AvgIpc) is 2.74. The van der Waals surface area contributed by atoms with Crippen molar-refractivity contribution in [2.24, 2.45) is 0 Å². The number of fused-ring (bicyclic) bond motifs is 1. The van der Waals surface area contributed by atoms with E-state index in [1.165, 1.54) is 5.56 Å². The van der Waals surface area contributed by atoms with Crippen LogP contribution in [0.25, 0.3) is 0 Å². The van der Waals surface area contributed by atoms with Gasteiger partial charge in [0.05, 0.1) is 12.0 Å². The quantitative estimate of drug-likeness (QED) is 0.326. The van der Waals surface area contributed by atoms with Gasteiger partial charge in [0.2, 0.25) is 0 Å². The zero-order valence-corrected chi connectivity index (χ0v) is 17.8. The summed E-state index contributed by atoms with van der Waals surface area (Å²) >= 11 is 0. The molecule has 32 heavy (non-hydrogen) atoms. The average molecular weight is 452 g/mol. The summed E-state index contributed by atoms with van der Waals surface area (Å²) in [6, 6.07) is 6.36. The Hall–Kier alpha value is -2.64. The molecule has 1 aromatic heterocycles. The second-order valence-corrected chi connectivity index (χ2v) is 8.32. The monoisotopic (exact) mass is 452 g/mol. The Kier molecular flexibility index (Phi) is 8.10. The third-order valence-electron chi connectivity index (χ3n) is 5.87. The van der Waals surface area contributed by atoms with Crippen molar-refractivity contribution in [3.05, 3.63) is 58.5 Å². The highest BCUT2D eigenvalue weighted by Gasteiger charge is 2.32. The molecule has 0 saturated carbocycles. The molecule has 3 rings (SSSR count). The van der Waals surface area contributed by atoms with Gasteiger partial charge < -0.3 is 10.4 Å². The number of unbranched alkanes of at least 4 members (excludes halogenated alkanes) is 3. The number of halogens is 4. The second-order valence-electron chi connectivity index (χ2n) is 8.32. The Morgan fingerprint density at radius 3 is 2.66 bits per heavy atom. The van der Waals surface area contributed by atoms with Crippen molar-refractivity contribution in [1.82, 2.24) is 4.98 Å². The summed E-state index contributed by atoms with van der Waals surface area (Å²) in [5.74, 6) is -1.77. The summed E-state index contributed by atoms with van der Waals surface area (Å²) < 4.78 is 53.2. The smallest absolute Gasteiger partial charge is 0.416 e. The Morgan fingerprint density at radius 1 is 1.12 bits per heavy atom. The minimum absolute atomic E-state index is 0.173. The molecule has 1 aliphatic rings. The lowest BCUT2D eigenvalue weighted by molar-refractivity contribution is -0.138. The Bertz CT molecular complexity index is 931. The molecule has 174 valence electrons. The topological polar surface area (TPSA) is 62.2 Å². The molecule has 0 bridgehead atoms. The van der Waals surface area contributed by atoms with Gasteiger partial charge in [0.1, 0.15) is 11.6 Å². The zero-order valence-electron chi connectivity index (χ0n) is 17.8. The molecule has 1 aromatic carbocycles. The highest BCUT2D eigenvalue weighted by atomic mass is 19.4. The first-order valence-corrected chi connectivity index (χ1v) is 11.0. The fourth-order valence-electron chi connectivity index (χ4n) is 4.17. The number of rotatable bonds is 10. The predicted molar refractivity (Wildman–Crippen MR) is 114 cm³/mol. The van der Waals surface area contributed by atoms with Crippen molar-refractivity contribution < 1.29 is 27.5 Å². The molecule has 1 atom stereocenters. The summed E-state index contributed by atoms with van der Waals surface area (Å²) in [4.78, 5) is 15.9. The van der Waals surface area contributed by atoms with Gasteiger partial charge in [0.25, 0.3) is 0 Å². The Balaban J connectivity index is 1.50. The summed E-state index contributed by atoms with van der Waals surface area (Å²) in [6.45, 7) is 0.938. The van der Waals surface area contributed by atoms with Crippen molar-refractivity contribution in [1.29, 1.82) is 0 Å². The second kappa shape index (κ2) is 10.8. The molecule has 2 N–H and O–H groups in total. The molecule has 4 nitrogen and oxygen atoms in total. The van der Waals surface area contributed by atoms with Crippen LogP contribution in [0.1, 0.15) is 73.2 Å². The Labute approximate surface area is 185 Å². The lowest BCUT2D eigenvalue weighted by atomic mass is 9.88. The summed E-state index contributed by atoms with van der Waals surface area (Å²) in [7, 11) is 0. The zero-order chi connectivity index (χ0) is 23.1. The lowest BCUT2D eigenvalue weighted by Crippen LogP contribution is -2.14. The van der Waals surface area contributed by atoms with Crippen LogP contribution in [-0.2, 0) is 23.8 Å². The summed E-state index contributed by atoms with van der Waals surface area (Å²) in [5, 5.41) is 12.5. The van der Waals surface area contributed by atoms with Gasteiger partial charge in [-0.15, -0.1) is 0 Å². The number of pyridine rings is 1. The molecule has 2 aromatic rings. The maximum absolute atomic E-state index is 14.2. The number of aryl methyl sites for hydroxylation is 2. The maximum atomic E-state index is 14.2. The highest BCUT2D eigenvalue weighted by molar-refractivity contribution is 5.68. The number of nitrogens with zero attached hydrogens (tertiary/aromatic N) is 1. The first-order chi connectivity index (χ1) is 15.2. The number of nitrogens with one attached hydrogen (secondary N) is 1. The summed E-state index contributed by atoms with van der Waals surface area (Å²) in [6.07, 6.45) is 1.51. The number of anilines is 1. The van der Waals surface area contributed by atoms with Crippen molar-refractivity contribution in [3.63, 3.8) is 0 Å². The van der Waals surface area contributed by atoms with E-state index < -0.39 is 35.9 Å². The van der Waals surface area contributed by atoms with Crippen LogP contribution in [-0.4, -0.2) is 22.6 Å². The van der Waals surface area contributed by atoms with Crippen LogP contribution in [0, 0.1) is 5.82 Å². The van der Waals surface area contributed by atoms with Crippen LogP contribution < -0.4 is 5.32 Å². The predicted octanol–water partition coefficient (Wildman–Crippen LogP) is 6.35. The van der Waals surface area contributed by atoms with Crippen LogP contribution in [0.3, 0.4) is 0 Å². The molecule has 0 spiro atoms. The van der Waals surface area contributed by atoms with Crippen LogP contribution >= 0.6 is 0 Å². The molecule has 0 fully saturated rings. The molecule has 8 heteroatoms. The molecule has 1 aliphatic heterocycles. The van der Waals surface area contributed by atoms with Gasteiger partial charge in [-0.3, -0.25) is 4.79 Å². The highest BCUT2D eigenvalue weighted by Crippen LogP contribution is 2.35. The van der Waals surface area contributed by atoms with Crippen molar-refractivity contribution in [3.8, 4) is 0 Å². The number of benzene rings is 1. The number of carboxylic acid groups (broad SMARTS) is 1. The SMILES string of the molecule is O=C(O)CC(CCCCCCc1ccc2c(n1)NCCC2)c1cc(C(F)(F)F)ccc1F. The fourth-order valence-corrected chi connectivity index (χ4v) is 4.17. The van der Waals surface area contributed by atoms with Crippen LogP contribution in [0.2, 0.25) is 0 Å². The number of hydrogen-bond donors (Lipinski definition) is 2.